The molecule has 1 N–H and O–H groups in total. The van der Waals surface area contributed by atoms with Gasteiger partial charge in [-0.2, -0.15) is 0 Å². The van der Waals surface area contributed by atoms with Crippen LogP contribution in [-0.4, -0.2) is 26.7 Å². The quantitative estimate of drug-likeness (QED) is 0.749. The van der Waals surface area contributed by atoms with Crippen LogP contribution in [0.25, 0.3) is 0 Å². The average Bonchev–Trinajstić information content (AvgIpc) is 2.43. The molecule has 0 unspecified atom stereocenters. The van der Waals surface area contributed by atoms with Crippen molar-refractivity contribution >= 4 is 21.7 Å². The molecule has 0 atom stereocenters. The van der Waals surface area contributed by atoms with Crippen molar-refractivity contribution in [2.24, 2.45) is 0 Å². The number of benzene rings is 1. The zero-order valence-electron chi connectivity index (χ0n) is 11.9. The summed E-state index contributed by atoms with van der Waals surface area (Å²) in [6.45, 7) is 4.13. The highest BCUT2D eigenvalue weighted by Crippen LogP contribution is 2.18. The van der Waals surface area contributed by atoms with E-state index in [1.165, 1.54) is 0 Å². The molecular formula is C14H21NO4S. The van der Waals surface area contributed by atoms with E-state index in [1.54, 1.807) is 24.3 Å². The number of unbranched alkanes of at least 4 members (excludes halogenated alkanes) is 1. The predicted molar refractivity (Wildman–Crippen MR) is 79.3 cm³/mol. The molecule has 0 aliphatic rings. The summed E-state index contributed by atoms with van der Waals surface area (Å²) in [5, 5.41) is 0. The first kappa shape index (κ1) is 16.5. The summed E-state index contributed by atoms with van der Waals surface area (Å²) in [7, 11) is -3.43. The van der Waals surface area contributed by atoms with Crippen LogP contribution in [0.1, 0.15) is 43.5 Å². The molecule has 0 aromatic heterocycles. The summed E-state index contributed by atoms with van der Waals surface area (Å²) in [4.78, 5) is 11.9. The molecule has 6 heteroatoms. The first-order chi connectivity index (χ1) is 9.50. The third kappa shape index (κ3) is 5.21. The molecule has 112 valence electrons. The Kier molecular flexibility index (Phi) is 6.51. The lowest BCUT2D eigenvalue weighted by atomic mass is 10.2. The van der Waals surface area contributed by atoms with Gasteiger partial charge in [-0.3, -0.25) is 4.72 Å². The topological polar surface area (TPSA) is 72.5 Å². The van der Waals surface area contributed by atoms with E-state index in [2.05, 4.69) is 4.72 Å². The Morgan fingerprint density at radius 1 is 1.20 bits per heavy atom. The van der Waals surface area contributed by atoms with E-state index < -0.39 is 16.0 Å². The van der Waals surface area contributed by atoms with Gasteiger partial charge in [0.05, 0.1) is 23.6 Å². The van der Waals surface area contributed by atoms with Crippen molar-refractivity contribution in [1.29, 1.82) is 0 Å². The van der Waals surface area contributed by atoms with Crippen LogP contribution in [0, 0.1) is 0 Å². The van der Waals surface area contributed by atoms with Crippen LogP contribution in [0.3, 0.4) is 0 Å². The molecule has 5 nitrogen and oxygen atoms in total. The van der Waals surface area contributed by atoms with Crippen molar-refractivity contribution in [3.05, 3.63) is 29.8 Å². The lowest BCUT2D eigenvalue weighted by molar-refractivity contribution is 0.0506. The van der Waals surface area contributed by atoms with E-state index in [-0.39, 0.29) is 17.0 Å². The summed E-state index contributed by atoms with van der Waals surface area (Å²) < 4.78 is 31.3. The van der Waals surface area contributed by atoms with Crippen molar-refractivity contribution in [3.63, 3.8) is 0 Å². The molecule has 0 spiro atoms. The Morgan fingerprint density at radius 3 is 2.55 bits per heavy atom. The number of rotatable bonds is 8. The highest BCUT2D eigenvalue weighted by molar-refractivity contribution is 7.92. The van der Waals surface area contributed by atoms with Gasteiger partial charge >= 0.3 is 5.97 Å². The lowest BCUT2D eigenvalue weighted by Crippen LogP contribution is -2.19. The van der Waals surface area contributed by atoms with Gasteiger partial charge in [0.25, 0.3) is 0 Å². The van der Waals surface area contributed by atoms with Gasteiger partial charge in [-0.25, -0.2) is 13.2 Å². The van der Waals surface area contributed by atoms with Gasteiger partial charge in [0.1, 0.15) is 0 Å². The van der Waals surface area contributed by atoms with Gasteiger partial charge in [0, 0.05) is 0 Å². The molecule has 1 aromatic carbocycles. The normalized spacial score (nSPS) is 11.1. The van der Waals surface area contributed by atoms with Crippen LogP contribution in [0.2, 0.25) is 0 Å². The Labute approximate surface area is 120 Å². The molecular weight excluding hydrogens is 278 g/mol. The van der Waals surface area contributed by atoms with Crippen molar-refractivity contribution in [2.45, 2.75) is 33.1 Å². The van der Waals surface area contributed by atoms with Crippen molar-refractivity contribution < 1.29 is 17.9 Å². The maximum Gasteiger partial charge on any atom is 0.340 e. The minimum Gasteiger partial charge on any atom is -0.462 e. The number of hydrogen-bond donors (Lipinski definition) is 1. The van der Waals surface area contributed by atoms with Gasteiger partial charge in [0.2, 0.25) is 10.0 Å². The molecule has 0 saturated carbocycles. The monoisotopic (exact) mass is 299 g/mol. The zero-order valence-corrected chi connectivity index (χ0v) is 12.7. The fourth-order valence-corrected chi connectivity index (χ4v) is 2.86. The van der Waals surface area contributed by atoms with Crippen LogP contribution in [0.4, 0.5) is 5.69 Å². The predicted octanol–water partition coefficient (Wildman–Crippen LogP) is 2.80. The SMILES string of the molecule is CCCCS(=O)(=O)Nc1ccccc1C(=O)OCCC. The fourth-order valence-electron chi connectivity index (χ4n) is 1.58. The van der Waals surface area contributed by atoms with Crippen LogP contribution < -0.4 is 4.72 Å². The molecule has 1 aromatic rings. The van der Waals surface area contributed by atoms with Crippen molar-refractivity contribution in [1.82, 2.24) is 0 Å². The summed E-state index contributed by atoms with van der Waals surface area (Å²) in [5.74, 6) is -0.470. The lowest BCUT2D eigenvalue weighted by Gasteiger charge is -2.11. The second-order valence-corrected chi connectivity index (χ2v) is 6.30. The number of carbonyl (C=O) groups excluding carboxylic acids is 1. The maximum atomic E-state index is 11.9. The van der Waals surface area contributed by atoms with Gasteiger partial charge in [-0.1, -0.05) is 32.4 Å². The minimum absolute atomic E-state index is 0.0435. The highest BCUT2D eigenvalue weighted by atomic mass is 32.2. The summed E-state index contributed by atoms with van der Waals surface area (Å²) >= 11 is 0. The number of para-hydroxylation sites is 1. The molecule has 0 radical (unpaired) electrons. The second kappa shape index (κ2) is 7.89. The summed E-state index contributed by atoms with van der Waals surface area (Å²) in [5.41, 5.74) is 0.505. The Balaban J connectivity index is 2.88. The molecule has 0 saturated heterocycles. The number of hydrogen-bond acceptors (Lipinski definition) is 4. The number of esters is 1. The molecule has 0 heterocycles. The standard InChI is InChI=1S/C14H21NO4S/c1-3-5-11-20(17,18)15-13-9-7-6-8-12(13)14(16)19-10-4-2/h6-9,15H,3-5,10-11H2,1-2H3. The number of carbonyl (C=O) groups is 1. The second-order valence-electron chi connectivity index (χ2n) is 4.46. The van der Waals surface area contributed by atoms with Gasteiger partial charge in [0.15, 0.2) is 0 Å². The third-order valence-corrected chi connectivity index (χ3v) is 3.97. The molecule has 0 bridgehead atoms. The summed E-state index contributed by atoms with van der Waals surface area (Å²) in [6.07, 6.45) is 2.09. The molecule has 1 rings (SSSR count). The average molecular weight is 299 g/mol. The van der Waals surface area contributed by atoms with E-state index in [0.29, 0.717) is 13.0 Å². The number of sulfonamides is 1. The van der Waals surface area contributed by atoms with Crippen LogP contribution in [0.15, 0.2) is 24.3 Å². The number of anilines is 1. The van der Waals surface area contributed by atoms with Crippen molar-refractivity contribution in [3.8, 4) is 0 Å². The smallest absolute Gasteiger partial charge is 0.340 e. The molecule has 0 fully saturated rings. The molecule has 0 aliphatic heterocycles. The number of ether oxygens (including phenoxy) is 1. The first-order valence-electron chi connectivity index (χ1n) is 6.76. The van der Waals surface area contributed by atoms with Gasteiger partial charge in [-0.05, 0) is 25.0 Å². The Morgan fingerprint density at radius 2 is 1.90 bits per heavy atom. The molecule has 0 aliphatic carbocycles. The highest BCUT2D eigenvalue weighted by Gasteiger charge is 2.16. The van der Waals surface area contributed by atoms with Gasteiger partial charge in [-0.15, -0.1) is 0 Å². The third-order valence-electron chi connectivity index (χ3n) is 2.62. The van der Waals surface area contributed by atoms with Crippen molar-refractivity contribution in [2.75, 3.05) is 17.1 Å². The van der Waals surface area contributed by atoms with E-state index in [4.69, 9.17) is 4.74 Å². The van der Waals surface area contributed by atoms with Gasteiger partial charge < -0.3 is 4.74 Å². The fraction of sp³-hybridized carbons (Fsp3) is 0.500. The largest absolute Gasteiger partial charge is 0.462 e. The molecule has 0 amide bonds. The van der Waals surface area contributed by atoms with Crippen LogP contribution in [0.5, 0.6) is 0 Å². The zero-order chi connectivity index (χ0) is 15.0. The first-order valence-corrected chi connectivity index (χ1v) is 8.42. The van der Waals surface area contributed by atoms with Crippen LogP contribution >= 0.6 is 0 Å². The number of nitrogens with one attached hydrogen (secondary N) is 1. The summed E-state index contributed by atoms with van der Waals surface area (Å²) in [6, 6.07) is 6.46. The van der Waals surface area contributed by atoms with E-state index in [1.807, 2.05) is 13.8 Å². The minimum atomic E-state index is -3.43. The Bertz CT molecular complexity index is 540. The maximum absolute atomic E-state index is 11.9. The van der Waals surface area contributed by atoms with Crippen LogP contribution in [-0.2, 0) is 14.8 Å². The Hall–Kier alpha value is -1.56. The molecule has 20 heavy (non-hydrogen) atoms. The van der Waals surface area contributed by atoms with E-state index in [9.17, 15) is 13.2 Å². The van der Waals surface area contributed by atoms with E-state index >= 15 is 0 Å². The van der Waals surface area contributed by atoms with E-state index in [0.717, 1.165) is 12.8 Å².